The van der Waals surface area contributed by atoms with Crippen LogP contribution < -0.4 is 4.74 Å². The highest BCUT2D eigenvalue weighted by atomic mass is 35.5. The van der Waals surface area contributed by atoms with Gasteiger partial charge in [0.25, 0.3) is 0 Å². The van der Waals surface area contributed by atoms with Gasteiger partial charge in [0.2, 0.25) is 0 Å². The van der Waals surface area contributed by atoms with Crippen LogP contribution in [0.15, 0.2) is 84.9 Å². The van der Waals surface area contributed by atoms with Crippen LogP contribution in [0.5, 0.6) is 5.75 Å². The van der Waals surface area contributed by atoms with Crippen LogP contribution in [-0.2, 0) is 6.54 Å². The molecule has 0 aliphatic rings. The van der Waals surface area contributed by atoms with E-state index in [0.29, 0.717) is 16.6 Å². The number of rotatable bonds is 5. The zero-order chi connectivity index (χ0) is 19.5. The lowest BCUT2D eigenvalue weighted by molar-refractivity contribution is 0.414. The minimum absolute atomic E-state index is 0.570. The van der Waals surface area contributed by atoms with E-state index in [-0.39, 0.29) is 0 Å². The fourth-order valence-electron chi connectivity index (χ4n) is 3.39. The molecule has 0 N–H and O–H groups in total. The first-order valence-electron chi connectivity index (χ1n) is 9.00. The molecule has 1 heterocycles. The average Bonchev–Trinajstić information content (AvgIpc) is 2.99. The number of hydrogen-bond donors (Lipinski definition) is 0. The second-order valence-electron chi connectivity index (χ2n) is 6.49. The van der Waals surface area contributed by atoms with Crippen LogP contribution in [-0.4, -0.2) is 11.7 Å². The molecule has 0 amide bonds. The Kier molecular flexibility index (Phi) is 5.43. The van der Waals surface area contributed by atoms with Crippen molar-refractivity contribution in [2.45, 2.75) is 6.54 Å². The average molecular weight is 408 g/mol. The first kappa shape index (κ1) is 18.7. The summed E-state index contributed by atoms with van der Waals surface area (Å²) in [4.78, 5) is 0. The number of halogens is 2. The monoisotopic (exact) mass is 407 g/mol. The molecule has 2 nitrogen and oxygen atoms in total. The Morgan fingerprint density at radius 2 is 1.14 bits per heavy atom. The molecule has 0 bridgehead atoms. The van der Waals surface area contributed by atoms with Crippen molar-refractivity contribution >= 4 is 23.2 Å². The molecule has 140 valence electrons. The maximum Gasteiger partial charge on any atom is 0.118 e. The molecule has 0 unspecified atom stereocenters. The lowest BCUT2D eigenvalue weighted by atomic mass is 10.1. The van der Waals surface area contributed by atoms with Crippen molar-refractivity contribution in [3.05, 3.63) is 101 Å². The van der Waals surface area contributed by atoms with Crippen LogP contribution in [0.2, 0.25) is 10.0 Å². The van der Waals surface area contributed by atoms with Crippen molar-refractivity contribution in [3.8, 4) is 28.3 Å². The third kappa shape index (κ3) is 3.54. The molecule has 28 heavy (non-hydrogen) atoms. The first-order chi connectivity index (χ1) is 13.7. The van der Waals surface area contributed by atoms with Crippen LogP contribution >= 0.6 is 23.2 Å². The first-order valence-corrected chi connectivity index (χ1v) is 9.76. The van der Waals surface area contributed by atoms with Gasteiger partial charge in [-0.05, 0) is 28.8 Å². The van der Waals surface area contributed by atoms with Crippen LogP contribution in [0.1, 0.15) is 5.56 Å². The van der Waals surface area contributed by atoms with E-state index in [0.717, 1.165) is 33.8 Å². The summed E-state index contributed by atoms with van der Waals surface area (Å²) in [6.45, 7) is 0.644. The largest absolute Gasteiger partial charge is 0.497 e. The van der Waals surface area contributed by atoms with E-state index in [9.17, 15) is 0 Å². The van der Waals surface area contributed by atoms with Crippen molar-refractivity contribution < 1.29 is 4.74 Å². The van der Waals surface area contributed by atoms with Crippen molar-refractivity contribution in [1.82, 2.24) is 4.57 Å². The Labute approximate surface area is 174 Å². The Morgan fingerprint density at radius 1 is 0.679 bits per heavy atom. The predicted octanol–water partition coefficient (Wildman–Crippen LogP) is 7.19. The molecule has 0 atom stereocenters. The second-order valence-corrected chi connectivity index (χ2v) is 7.25. The molecule has 0 aliphatic carbocycles. The predicted molar refractivity (Wildman–Crippen MR) is 117 cm³/mol. The minimum Gasteiger partial charge on any atom is -0.497 e. The van der Waals surface area contributed by atoms with Gasteiger partial charge in [-0.15, -0.1) is 0 Å². The maximum atomic E-state index is 6.74. The molecule has 0 aliphatic heterocycles. The molecule has 0 spiro atoms. The molecule has 0 saturated heterocycles. The van der Waals surface area contributed by atoms with Gasteiger partial charge in [-0.3, -0.25) is 0 Å². The van der Waals surface area contributed by atoms with E-state index >= 15 is 0 Å². The topological polar surface area (TPSA) is 14.2 Å². The number of methoxy groups -OCH3 is 1. The Balaban J connectivity index is 1.91. The van der Waals surface area contributed by atoms with Crippen LogP contribution in [0.4, 0.5) is 0 Å². The van der Waals surface area contributed by atoms with Gasteiger partial charge < -0.3 is 9.30 Å². The van der Waals surface area contributed by atoms with Gasteiger partial charge in [0.1, 0.15) is 5.75 Å². The zero-order valence-corrected chi connectivity index (χ0v) is 16.9. The highest BCUT2D eigenvalue weighted by molar-refractivity contribution is 6.45. The molecule has 0 radical (unpaired) electrons. The van der Waals surface area contributed by atoms with Crippen LogP contribution in [0.25, 0.3) is 22.5 Å². The molecule has 4 rings (SSSR count). The Hall–Kier alpha value is -2.68. The Bertz CT molecular complexity index is 1010. The van der Waals surface area contributed by atoms with Gasteiger partial charge in [-0.1, -0.05) is 96.0 Å². The summed E-state index contributed by atoms with van der Waals surface area (Å²) in [6, 6.07) is 28.3. The third-order valence-electron chi connectivity index (χ3n) is 4.74. The van der Waals surface area contributed by atoms with Gasteiger partial charge in [0.15, 0.2) is 0 Å². The Morgan fingerprint density at radius 3 is 1.57 bits per heavy atom. The number of hydrogen-bond acceptors (Lipinski definition) is 1. The molecular weight excluding hydrogens is 389 g/mol. The number of aromatic nitrogens is 1. The van der Waals surface area contributed by atoms with Crippen molar-refractivity contribution in [2.24, 2.45) is 0 Å². The van der Waals surface area contributed by atoms with Crippen molar-refractivity contribution in [2.75, 3.05) is 7.11 Å². The quantitative estimate of drug-likeness (QED) is 0.341. The number of benzene rings is 3. The van der Waals surface area contributed by atoms with E-state index in [1.807, 2.05) is 48.5 Å². The lowest BCUT2D eigenvalue weighted by Gasteiger charge is -2.15. The van der Waals surface area contributed by atoms with Gasteiger partial charge in [0.05, 0.1) is 28.5 Å². The van der Waals surface area contributed by atoms with Gasteiger partial charge >= 0.3 is 0 Å². The lowest BCUT2D eigenvalue weighted by Crippen LogP contribution is -2.04. The molecule has 0 fully saturated rings. The van der Waals surface area contributed by atoms with E-state index in [1.54, 1.807) is 7.11 Å². The van der Waals surface area contributed by atoms with Crippen molar-refractivity contribution in [3.63, 3.8) is 0 Å². The molecular formula is C24H19Cl2NO. The normalized spacial score (nSPS) is 10.8. The summed E-state index contributed by atoms with van der Waals surface area (Å²) in [5, 5.41) is 1.14. The van der Waals surface area contributed by atoms with E-state index in [1.165, 1.54) is 0 Å². The highest BCUT2D eigenvalue weighted by Crippen LogP contribution is 2.44. The van der Waals surface area contributed by atoms with E-state index < -0.39 is 0 Å². The summed E-state index contributed by atoms with van der Waals surface area (Å²) in [7, 11) is 1.67. The van der Waals surface area contributed by atoms with Gasteiger partial charge in [-0.25, -0.2) is 0 Å². The van der Waals surface area contributed by atoms with E-state index in [2.05, 4.69) is 41.0 Å². The zero-order valence-electron chi connectivity index (χ0n) is 15.4. The van der Waals surface area contributed by atoms with Gasteiger partial charge in [0, 0.05) is 6.54 Å². The number of nitrogens with zero attached hydrogens (tertiary/aromatic N) is 1. The standard InChI is InChI=1S/C24H19Cl2NO/c1-28-20-14-12-17(13-15-20)16-27-23(18-8-4-2-5-9-18)21(25)22(26)24(27)19-10-6-3-7-11-19/h2-15H,16H2,1H3. The van der Waals surface area contributed by atoms with Crippen LogP contribution in [0, 0.1) is 0 Å². The molecule has 4 heteroatoms. The summed E-state index contributed by atoms with van der Waals surface area (Å²) in [5.41, 5.74) is 5.04. The maximum absolute atomic E-state index is 6.74. The van der Waals surface area contributed by atoms with Gasteiger partial charge in [-0.2, -0.15) is 0 Å². The second kappa shape index (κ2) is 8.14. The highest BCUT2D eigenvalue weighted by Gasteiger charge is 2.22. The summed E-state index contributed by atoms with van der Waals surface area (Å²) < 4.78 is 7.47. The molecule has 0 saturated carbocycles. The van der Waals surface area contributed by atoms with Crippen LogP contribution in [0.3, 0.4) is 0 Å². The van der Waals surface area contributed by atoms with E-state index in [4.69, 9.17) is 27.9 Å². The summed E-state index contributed by atoms with van der Waals surface area (Å²) in [5.74, 6) is 0.832. The van der Waals surface area contributed by atoms with Crippen molar-refractivity contribution in [1.29, 1.82) is 0 Å². The molecule has 3 aromatic carbocycles. The molecule has 1 aromatic heterocycles. The summed E-state index contributed by atoms with van der Waals surface area (Å²) in [6.07, 6.45) is 0. The smallest absolute Gasteiger partial charge is 0.118 e. The number of ether oxygens (including phenoxy) is 1. The fraction of sp³-hybridized carbons (Fsp3) is 0.0833. The fourth-order valence-corrected chi connectivity index (χ4v) is 3.99. The summed E-state index contributed by atoms with van der Waals surface area (Å²) >= 11 is 13.5. The minimum atomic E-state index is 0.570. The molecule has 4 aromatic rings. The third-order valence-corrected chi connectivity index (χ3v) is 5.58. The SMILES string of the molecule is COc1ccc(Cn2c(-c3ccccc3)c(Cl)c(Cl)c2-c2ccccc2)cc1.